The first-order valence-corrected chi connectivity index (χ1v) is 6.39. The SMILES string of the molecule is On1c(C2C=CCCC2)nc2c(Cl)nc(Cl)nc21. The Hall–Kier alpha value is -1.33. The van der Waals surface area contributed by atoms with Crippen molar-refractivity contribution in [3.05, 3.63) is 28.4 Å². The fourth-order valence-corrected chi connectivity index (χ4v) is 2.59. The Balaban J connectivity index is 2.19. The summed E-state index contributed by atoms with van der Waals surface area (Å²) in [5.41, 5.74) is 0.617. The van der Waals surface area contributed by atoms with Gasteiger partial charge in [0.15, 0.2) is 11.0 Å². The molecular weight excluding hydrogens is 275 g/mol. The van der Waals surface area contributed by atoms with Gasteiger partial charge in [0, 0.05) is 5.92 Å². The molecule has 7 heteroatoms. The summed E-state index contributed by atoms with van der Waals surface area (Å²) >= 11 is 11.7. The monoisotopic (exact) mass is 284 g/mol. The van der Waals surface area contributed by atoms with E-state index in [0.29, 0.717) is 11.3 Å². The second kappa shape index (κ2) is 4.40. The molecule has 1 unspecified atom stereocenters. The molecule has 0 aliphatic heterocycles. The quantitative estimate of drug-likeness (QED) is 0.378. The van der Waals surface area contributed by atoms with Crippen molar-refractivity contribution in [1.29, 1.82) is 0 Å². The van der Waals surface area contributed by atoms with E-state index in [1.165, 1.54) is 0 Å². The summed E-state index contributed by atoms with van der Waals surface area (Å²) in [6, 6.07) is 0. The molecule has 18 heavy (non-hydrogen) atoms. The second-order valence-electron chi connectivity index (χ2n) is 4.20. The maximum Gasteiger partial charge on any atom is 0.226 e. The lowest BCUT2D eigenvalue weighted by Crippen LogP contribution is -2.07. The normalized spacial score (nSPS) is 19.6. The van der Waals surface area contributed by atoms with Crippen molar-refractivity contribution in [2.75, 3.05) is 0 Å². The first-order valence-electron chi connectivity index (χ1n) is 5.64. The van der Waals surface area contributed by atoms with Crippen LogP contribution in [0, 0.1) is 0 Å². The van der Waals surface area contributed by atoms with Crippen LogP contribution < -0.4 is 0 Å². The Labute approximate surface area is 113 Å². The minimum atomic E-state index is -0.00608. The number of fused-ring (bicyclic) bond motifs is 1. The van der Waals surface area contributed by atoms with E-state index in [9.17, 15) is 5.21 Å². The van der Waals surface area contributed by atoms with E-state index >= 15 is 0 Å². The van der Waals surface area contributed by atoms with Crippen LogP contribution in [-0.4, -0.2) is 24.9 Å². The smallest absolute Gasteiger partial charge is 0.226 e. The van der Waals surface area contributed by atoms with Crippen LogP contribution in [0.3, 0.4) is 0 Å². The van der Waals surface area contributed by atoms with Crippen molar-refractivity contribution in [1.82, 2.24) is 19.7 Å². The van der Waals surface area contributed by atoms with Crippen LogP contribution in [0.15, 0.2) is 12.2 Å². The van der Waals surface area contributed by atoms with Crippen molar-refractivity contribution < 1.29 is 5.21 Å². The second-order valence-corrected chi connectivity index (χ2v) is 4.90. The molecule has 5 nitrogen and oxygen atoms in total. The van der Waals surface area contributed by atoms with Crippen molar-refractivity contribution in [3.8, 4) is 0 Å². The molecule has 0 aromatic carbocycles. The average molecular weight is 285 g/mol. The highest BCUT2D eigenvalue weighted by molar-refractivity contribution is 6.35. The number of halogens is 2. The van der Waals surface area contributed by atoms with Gasteiger partial charge < -0.3 is 5.21 Å². The third-order valence-corrected chi connectivity index (χ3v) is 3.46. The van der Waals surface area contributed by atoms with E-state index in [1.54, 1.807) is 0 Å². The van der Waals surface area contributed by atoms with Gasteiger partial charge in [0.2, 0.25) is 10.9 Å². The molecule has 0 saturated carbocycles. The molecule has 3 rings (SSSR count). The molecule has 0 bridgehead atoms. The Morgan fingerprint density at radius 1 is 1.28 bits per heavy atom. The molecule has 94 valence electrons. The Morgan fingerprint density at radius 3 is 2.83 bits per heavy atom. The number of hydrogen-bond donors (Lipinski definition) is 1. The van der Waals surface area contributed by atoms with Crippen LogP contribution in [-0.2, 0) is 0 Å². The van der Waals surface area contributed by atoms with Gasteiger partial charge in [0.05, 0.1) is 0 Å². The maximum absolute atomic E-state index is 10.1. The minimum absolute atomic E-state index is 0.00608. The Kier molecular flexibility index (Phi) is 2.87. The highest BCUT2D eigenvalue weighted by Gasteiger charge is 2.22. The molecule has 0 radical (unpaired) electrons. The van der Waals surface area contributed by atoms with Crippen molar-refractivity contribution in [3.63, 3.8) is 0 Å². The lowest BCUT2D eigenvalue weighted by Gasteiger charge is -2.14. The highest BCUT2D eigenvalue weighted by atomic mass is 35.5. The Bertz CT molecular complexity index is 637. The predicted octanol–water partition coefficient (Wildman–Crippen LogP) is 3.19. The first-order chi connectivity index (χ1) is 8.66. The van der Waals surface area contributed by atoms with Crippen LogP contribution in [0.5, 0.6) is 0 Å². The number of hydrogen-bond acceptors (Lipinski definition) is 4. The molecule has 1 aliphatic rings. The van der Waals surface area contributed by atoms with E-state index in [2.05, 4.69) is 21.0 Å². The summed E-state index contributed by atoms with van der Waals surface area (Å²) in [4.78, 5) is 12.1. The van der Waals surface area contributed by atoms with E-state index < -0.39 is 0 Å². The summed E-state index contributed by atoms with van der Waals surface area (Å²) in [5.74, 6) is 0.604. The maximum atomic E-state index is 10.1. The van der Waals surface area contributed by atoms with Crippen LogP contribution >= 0.6 is 23.2 Å². The summed E-state index contributed by atoms with van der Waals surface area (Å²) in [6.45, 7) is 0. The topological polar surface area (TPSA) is 63.8 Å². The third kappa shape index (κ3) is 1.83. The van der Waals surface area contributed by atoms with Crippen LogP contribution in [0.4, 0.5) is 0 Å². The molecule has 2 aromatic heterocycles. The molecule has 1 atom stereocenters. The number of aromatic nitrogens is 4. The van der Waals surface area contributed by atoms with Gasteiger partial charge in [-0.15, -0.1) is 0 Å². The van der Waals surface area contributed by atoms with Gasteiger partial charge in [-0.05, 0) is 30.9 Å². The lowest BCUT2D eigenvalue weighted by molar-refractivity contribution is 0.182. The van der Waals surface area contributed by atoms with Gasteiger partial charge in [0.25, 0.3) is 0 Å². The molecule has 1 aliphatic carbocycles. The van der Waals surface area contributed by atoms with Gasteiger partial charge in [-0.2, -0.15) is 9.71 Å². The molecule has 1 N–H and O–H groups in total. The summed E-state index contributed by atoms with van der Waals surface area (Å²) in [6.07, 6.45) is 7.21. The van der Waals surface area contributed by atoms with Crippen LogP contribution in [0.2, 0.25) is 10.4 Å². The zero-order valence-corrected chi connectivity index (χ0v) is 10.9. The zero-order chi connectivity index (χ0) is 12.7. The number of nitrogens with zero attached hydrogens (tertiary/aromatic N) is 4. The highest BCUT2D eigenvalue weighted by Crippen LogP contribution is 2.30. The van der Waals surface area contributed by atoms with E-state index in [1.807, 2.05) is 6.08 Å². The van der Waals surface area contributed by atoms with Gasteiger partial charge >= 0.3 is 0 Å². The molecule has 0 saturated heterocycles. The largest absolute Gasteiger partial charge is 0.425 e. The average Bonchev–Trinajstić information content (AvgIpc) is 2.69. The molecule has 0 fully saturated rings. The number of allylic oxidation sites excluding steroid dienone is 2. The summed E-state index contributed by atoms with van der Waals surface area (Å²) < 4.78 is 0.953. The number of rotatable bonds is 1. The number of imidazole rings is 1. The van der Waals surface area contributed by atoms with E-state index in [0.717, 1.165) is 24.0 Å². The predicted molar refractivity (Wildman–Crippen MR) is 68.3 cm³/mol. The standard InChI is InChI=1S/C11H10Cl2N4O/c12-8-7-10(16-11(13)15-8)17(18)9(14-7)6-4-2-1-3-5-6/h2,4,6,18H,1,3,5H2. The van der Waals surface area contributed by atoms with Crippen LogP contribution in [0.1, 0.15) is 31.0 Å². The first kappa shape index (κ1) is 11.7. The fourth-order valence-electron chi connectivity index (χ4n) is 2.17. The van der Waals surface area contributed by atoms with Crippen molar-refractivity contribution in [2.45, 2.75) is 25.2 Å². The van der Waals surface area contributed by atoms with E-state index in [-0.39, 0.29) is 22.0 Å². The summed E-state index contributed by atoms with van der Waals surface area (Å²) in [7, 11) is 0. The molecule has 0 amide bonds. The zero-order valence-electron chi connectivity index (χ0n) is 9.35. The molecule has 2 aromatic rings. The van der Waals surface area contributed by atoms with Gasteiger partial charge in [-0.3, -0.25) is 0 Å². The van der Waals surface area contributed by atoms with Gasteiger partial charge in [-0.25, -0.2) is 9.97 Å². The molecule has 0 spiro atoms. The molecule has 2 heterocycles. The van der Waals surface area contributed by atoms with Crippen molar-refractivity contribution >= 4 is 34.4 Å². The van der Waals surface area contributed by atoms with E-state index in [4.69, 9.17) is 23.2 Å². The Morgan fingerprint density at radius 2 is 2.11 bits per heavy atom. The lowest BCUT2D eigenvalue weighted by atomic mass is 9.95. The third-order valence-electron chi connectivity index (χ3n) is 3.03. The summed E-state index contributed by atoms with van der Waals surface area (Å²) in [5, 5.41) is 10.2. The van der Waals surface area contributed by atoms with Crippen molar-refractivity contribution in [2.24, 2.45) is 0 Å². The fraction of sp³-hybridized carbons (Fsp3) is 0.364. The van der Waals surface area contributed by atoms with Gasteiger partial charge in [-0.1, -0.05) is 23.8 Å². The van der Waals surface area contributed by atoms with Gasteiger partial charge in [0.1, 0.15) is 5.52 Å². The minimum Gasteiger partial charge on any atom is -0.425 e. The van der Waals surface area contributed by atoms with Crippen LogP contribution in [0.25, 0.3) is 11.2 Å². The molecular formula is C11H10Cl2N4O.